The first kappa shape index (κ1) is 10.4. The summed E-state index contributed by atoms with van der Waals surface area (Å²) < 4.78 is 0. The van der Waals surface area contributed by atoms with Gasteiger partial charge in [0.25, 0.3) is 0 Å². The number of urea groups is 1. The molecule has 1 heterocycles. The maximum absolute atomic E-state index is 11.5. The fourth-order valence-electron chi connectivity index (χ4n) is 1.76. The van der Waals surface area contributed by atoms with Gasteiger partial charge >= 0.3 is 17.8 Å². The van der Waals surface area contributed by atoms with Crippen molar-refractivity contribution >= 4 is 23.5 Å². The van der Waals surface area contributed by atoms with Crippen molar-refractivity contribution in [1.82, 2.24) is 5.32 Å². The summed E-state index contributed by atoms with van der Waals surface area (Å²) in [5.41, 5.74) is 2.03. The average Bonchev–Trinajstić information content (AvgIpc) is 2.44. The molecule has 5 heteroatoms. The molecule has 0 bridgehead atoms. The van der Waals surface area contributed by atoms with Crippen LogP contribution in [0.5, 0.6) is 0 Å². The van der Waals surface area contributed by atoms with E-state index in [0.717, 1.165) is 16.0 Å². The summed E-state index contributed by atoms with van der Waals surface area (Å²) in [6.07, 6.45) is 0. The number of benzene rings is 1. The van der Waals surface area contributed by atoms with E-state index >= 15 is 0 Å². The minimum atomic E-state index is -0.882. The zero-order chi connectivity index (χ0) is 11.9. The van der Waals surface area contributed by atoms with Gasteiger partial charge in [0.2, 0.25) is 0 Å². The van der Waals surface area contributed by atoms with Gasteiger partial charge in [-0.15, -0.1) is 0 Å². The summed E-state index contributed by atoms with van der Waals surface area (Å²) in [7, 11) is 0. The summed E-state index contributed by atoms with van der Waals surface area (Å²) in [5, 5.41) is 1.97. The Kier molecular flexibility index (Phi) is 2.23. The number of anilines is 1. The van der Waals surface area contributed by atoms with Crippen LogP contribution in [-0.2, 0) is 9.59 Å². The van der Waals surface area contributed by atoms with Gasteiger partial charge in [0.1, 0.15) is 0 Å². The van der Waals surface area contributed by atoms with Gasteiger partial charge in [-0.1, -0.05) is 18.2 Å². The first-order valence-electron chi connectivity index (χ1n) is 4.78. The van der Waals surface area contributed by atoms with Crippen LogP contribution in [0.3, 0.4) is 0 Å². The van der Waals surface area contributed by atoms with Gasteiger partial charge in [0.05, 0.1) is 5.69 Å². The Hall–Kier alpha value is -2.17. The molecule has 1 N–H and O–H groups in total. The van der Waals surface area contributed by atoms with Crippen LogP contribution in [0, 0.1) is 13.8 Å². The van der Waals surface area contributed by atoms with Crippen molar-refractivity contribution < 1.29 is 14.4 Å². The van der Waals surface area contributed by atoms with E-state index in [1.165, 1.54) is 0 Å². The van der Waals surface area contributed by atoms with E-state index in [2.05, 4.69) is 0 Å². The lowest BCUT2D eigenvalue weighted by molar-refractivity contribution is -0.134. The van der Waals surface area contributed by atoms with E-state index < -0.39 is 17.8 Å². The van der Waals surface area contributed by atoms with E-state index in [1.54, 1.807) is 26.0 Å². The van der Waals surface area contributed by atoms with E-state index in [9.17, 15) is 14.4 Å². The fraction of sp³-hybridized carbons (Fsp3) is 0.182. The Morgan fingerprint density at radius 2 is 1.62 bits per heavy atom. The van der Waals surface area contributed by atoms with Crippen molar-refractivity contribution in [2.75, 3.05) is 4.90 Å². The molecule has 5 nitrogen and oxygen atoms in total. The zero-order valence-corrected chi connectivity index (χ0v) is 8.90. The molecule has 0 atom stereocenters. The number of amides is 4. The molecule has 0 aliphatic carbocycles. The smallest absolute Gasteiger partial charge is 0.269 e. The quantitative estimate of drug-likeness (QED) is 0.562. The molecule has 4 amide bonds. The molecular weight excluding hydrogens is 208 g/mol. The average molecular weight is 218 g/mol. The highest BCUT2D eigenvalue weighted by Gasteiger charge is 2.39. The number of rotatable bonds is 1. The van der Waals surface area contributed by atoms with Gasteiger partial charge in [-0.3, -0.25) is 14.9 Å². The second-order valence-corrected chi connectivity index (χ2v) is 3.64. The Labute approximate surface area is 92.0 Å². The molecule has 1 fully saturated rings. The molecule has 16 heavy (non-hydrogen) atoms. The third kappa shape index (κ3) is 1.37. The number of aryl methyl sites for hydroxylation is 2. The minimum absolute atomic E-state index is 0.482. The summed E-state index contributed by atoms with van der Waals surface area (Å²) in [5.74, 6) is -1.71. The number of imide groups is 2. The third-order valence-corrected chi connectivity index (χ3v) is 2.48. The van der Waals surface area contributed by atoms with Gasteiger partial charge in [-0.05, 0) is 25.0 Å². The highest BCUT2D eigenvalue weighted by molar-refractivity contribution is 6.53. The largest absolute Gasteiger partial charge is 0.336 e. The van der Waals surface area contributed by atoms with E-state index in [4.69, 9.17) is 0 Å². The molecule has 82 valence electrons. The summed E-state index contributed by atoms with van der Waals surface area (Å²) in [4.78, 5) is 34.9. The topological polar surface area (TPSA) is 66.5 Å². The van der Waals surface area contributed by atoms with Crippen LogP contribution in [0.15, 0.2) is 18.2 Å². The first-order valence-corrected chi connectivity index (χ1v) is 4.78. The van der Waals surface area contributed by atoms with Crippen molar-refractivity contribution in [1.29, 1.82) is 0 Å². The lowest BCUT2D eigenvalue weighted by Gasteiger charge is -2.16. The molecule has 1 saturated heterocycles. The van der Waals surface area contributed by atoms with Crippen LogP contribution in [0.25, 0.3) is 0 Å². The van der Waals surface area contributed by atoms with E-state index in [1.807, 2.05) is 11.4 Å². The predicted molar refractivity (Wildman–Crippen MR) is 56.9 cm³/mol. The Bertz CT molecular complexity index is 488. The second kappa shape index (κ2) is 3.44. The number of carbonyl (C=O) groups excluding carboxylic acids is 3. The van der Waals surface area contributed by atoms with Gasteiger partial charge in [0.15, 0.2) is 0 Å². The Morgan fingerprint density at radius 3 is 2.06 bits per heavy atom. The van der Waals surface area contributed by atoms with Crippen LogP contribution in [0.1, 0.15) is 11.1 Å². The van der Waals surface area contributed by atoms with Crippen LogP contribution in [0.4, 0.5) is 10.5 Å². The van der Waals surface area contributed by atoms with E-state index in [-0.39, 0.29) is 0 Å². The molecule has 0 spiro atoms. The molecule has 1 aromatic carbocycles. The molecule has 1 aliphatic rings. The van der Waals surface area contributed by atoms with Crippen molar-refractivity contribution in [3.05, 3.63) is 29.3 Å². The Morgan fingerprint density at radius 1 is 1.06 bits per heavy atom. The summed E-state index contributed by atoms with van der Waals surface area (Å²) in [6.45, 7) is 3.57. The summed E-state index contributed by atoms with van der Waals surface area (Å²) in [6, 6.07) is 4.71. The lowest BCUT2D eigenvalue weighted by Crippen LogP contribution is -2.32. The second-order valence-electron chi connectivity index (χ2n) is 3.64. The fourth-order valence-corrected chi connectivity index (χ4v) is 1.76. The molecule has 1 aromatic rings. The standard InChI is InChI=1S/C11H10N2O3/c1-6-4-3-5-7(2)8(6)13-10(15)9(14)12-11(13)16/h3-5H,1-2H3,(H,12,14,16). The predicted octanol–water partition coefficient (Wildman–Crippen LogP) is 0.886. The lowest BCUT2D eigenvalue weighted by atomic mass is 10.1. The number of nitrogens with one attached hydrogen (secondary N) is 1. The van der Waals surface area contributed by atoms with Crippen LogP contribution in [-0.4, -0.2) is 17.8 Å². The molecule has 0 aromatic heterocycles. The van der Waals surface area contributed by atoms with Crippen LogP contribution in [0.2, 0.25) is 0 Å². The number of para-hydroxylation sites is 1. The SMILES string of the molecule is Cc1cccc(C)c1N1C(=O)NC(=O)C1=O. The molecule has 2 rings (SSSR count). The first-order chi connectivity index (χ1) is 7.52. The normalized spacial score (nSPS) is 15.6. The van der Waals surface area contributed by atoms with Crippen LogP contribution >= 0.6 is 0 Å². The molecule has 0 saturated carbocycles. The highest BCUT2D eigenvalue weighted by Crippen LogP contribution is 2.26. The molecule has 1 aliphatic heterocycles. The maximum Gasteiger partial charge on any atom is 0.336 e. The monoisotopic (exact) mass is 218 g/mol. The third-order valence-electron chi connectivity index (χ3n) is 2.48. The molecule has 0 unspecified atom stereocenters. The molecule has 0 radical (unpaired) electrons. The molecular formula is C11H10N2O3. The summed E-state index contributed by atoms with van der Waals surface area (Å²) >= 11 is 0. The Balaban J connectivity index is 2.57. The number of hydrogen-bond acceptors (Lipinski definition) is 3. The minimum Gasteiger partial charge on any atom is -0.269 e. The van der Waals surface area contributed by atoms with Gasteiger partial charge in [0, 0.05) is 0 Å². The van der Waals surface area contributed by atoms with Crippen molar-refractivity contribution in [2.24, 2.45) is 0 Å². The van der Waals surface area contributed by atoms with E-state index in [0.29, 0.717) is 5.69 Å². The van der Waals surface area contributed by atoms with Crippen molar-refractivity contribution in [2.45, 2.75) is 13.8 Å². The zero-order valence-electron chi connectivity index (χ0n) is 8.90. The maximum atomic E-state index is 11.5. The van der Waals surface area contributed by atoms with Gasteiger partial charge in [-0.2, -0.15) is 0 Å². The van der Waals surface area contributed by atoms with Crippen molar-refractivity contribution in [3.63, 3.8) is 0 Å². The number of nitrogens with zero attached hydrogens (tertiary/aromatic N) is 1. The highest BCUT2D eigenvalue weighted by atomic mass is 16.2. The van der Waals surface area contributed by atoms with Crippen molar-refractivity contribution in [3.8, 4) is 0 Å². The number of hydrogen-bond donors (Lipinski definition) is 1. The van der Waals surface area contributed by atoms with Gasteiger partial charge < -0.3 is 0 Å². The van der Waals surface area contributed by atoms with Crippen LogP contribution < -0.4 is 10.2 Å². The van der Waals surface area contributed by atoms with Gasteiger partial charge in [-0.25, -0.2) is 9.69 Å². The number of carbonyl (C=O) groups is 3.